The number of sulfonamides is 1. The molecule has 0 bridgehead atoms. The van der Waals surface area contributed by atoms with Gasteiger partial charge >= 0.3 is 6.01 Å². The van der Waals surface area contributed by atoms with Crippen LogP contribution in [0, 0.1) is 11.6 Å². The Balaban J connectivity index is 1.48. The molecule has 4 aromatic rings. The quantitative estimate of drug-likeness (QED) is 0.452. The van der Waals surface area contributed by atoms with Crippen molar-refractivity contribution in [1.82, 2.24) is 10.2 Å². The van der Waals surface area contributed by atoms with E-state index in [0.717, 1.165) is 24.3 Å². The summed E-state index contributed by atoms with van der Waals surface area (Å²) in [6.07, 6.45) is 0. The van der Waals surface area contributed by atoms with Crippen LogP contribution in [0.15, 0.2) is 82.1 Å². The van der Waals surface area contributed by atoms with Crippen LogP contribution in [0.25, 0.3) is 11.5 Å². The van der Waals surface area contributed by atoms with E-state index < -0.39 is 27.6 Å². The van der Waals surface area contributed by atoms with Crippen LogP contribution in [-0.4, -0.2) is 24.5 Å². The van der Waals surface area contributed by atoms with Crippen molar-refractivity contribution in [3.63, 3.8) is 0 Å². The van der Waals surface area contributed by atoms with Crippen LogP contribution in [0.3, 0.4) is 0 Å². The van der Waals surface area contributed by atoms with Crippen molar-refractivity contribution in [2.24, 2.45) is 0 Å². The lowest BCUT2D eigenvalue weighted by molar-refractivity contribution is 0.102. The monoisotopic (exact) mass is 456 g/mol. The van der Waals surface area contributed by atoms with Crippen molar-refractivity contribution >= 4 is 27.6 Å². The van der Waals surface area contributed by atoms with Crippen LogP contribution < -0.4 is 10.0 Å². The molecule has 0 atom stereocenters. The minimum Gasteiger partial charge on any atom is -0.403 e. The summed E-state index contributed by atoms with van der Waals surface area (Å²) in [5.74, 6) is -1.52. The first-order valence-electron chi connectivity index (χ1n) is 9.09. The van der Waals surface area contributed by atoms with Gasteiger partial charge in [0.2, 0.25) is 5.89 Å². The topological polar surface area (TPSA) is 114 Å². The molecule has 0 spiro atoms. The van der Waals surface area contributed by atoms with E-state index >= 15 is 0 Å². The Kier molecular flexibility index (Phi) is 5.65. The van der Waals surface area contributed by atoms with Crippen LogP contribution in [0.5, 0.6) is 0 Å². The minimum absolute atomic E-state index is 0.0844. The molecule has 3 aromatic carbocycles. The Bertz CT molecular complexity index is 1370. The number of anilines is 2. The van der Waals surface area contributed by atoms with E-state index in [0.29, 0.717) is 5.56 Å². The van der Waals surface area contributed by atoms with Gasteiger partial charge in [0.1, 0.15) is 11.6 Å². The molecular formula is C21H14F2N4O4S. The molecule has 1 heterocycles. The molecule has 162 valence electrons. The molecule has 0 aliphatic carbocycles. The molecule has 32 heavy (non-hydrogen) atoms. The van der Waals surface area contributed by atoms with E-state index in [9.17, 15) is 22.0 Å². The normalized spacial score (nSPS) is 11.2. The molecule has 0 aliphatic heterocycles. The summed E-state index contributed by atoms with van der Waals surface area (Å²) in [4.78, 5) is 12.4. The van der Waals surface area contributed by atoms with Gasteiger partial charge in [-0.3, -0.25) is 14.8 Å². The van der Waals surface area contributed by atoms with Gasteiger partial charge in [-0.2, -0.15) is 0 Å². The number of amides is 1. The maximum atomic E-state index is 13.0. The Morgan fingerprint density at radius 1 is 0.875 bits per heavy atom. The highest BCUT2D eigenvalue weighted by molar-refractivity contribution is 7.92. The van der Waals surface area contributed by atoms with Crippen molar-refractivity contribution < 1.29 is 26.4 Å². The molecule has 0 fully saturated rings. The van der Waals surface area contributed by atoms with Gasteiger partial charge in [0.25, 0.3) is 15.9 Å². The second-order valence-corrected chi connectivity index (χ2v) is 8.20. The minimum atomic E-state index is -3.98. The number of benzene rings is 3. The summed E-state index contributed by atoms with van der Waals surface area (Å²) in [5.41, 5.74) is 0.710. The molecule has 4 rings (SSSR count). The zero-order valence-electron chi connectivity index (χ0n) is 16.1. The summed E-state index contributed by atoms with van der Waals surface area (Å²) in [6.45, 7) is 0. The number of halogens is 2. The second kappa shape index (κ2) is 8.55. The molecular weight excluding hydrogens is 442 g/mol. The molecule has 0 saturated carbocycles. The van der Waals surface area contributed by atoms with E-state index in [1.54, 1.807) is 0 Å². The van der Waals surface area contributed by atoms with Gasteiger partial charge in [-0.25, -0.2) is 17.2 Å². The van der Waals surface area contributed by atoms with E-state index in [4.69, 9.17) is 4.42 Å². The first-order valence-corrected chi connectivity index (χ1v) is 10.6. The number of hydrogen-bond acceptors (Lipinski definition) is 6. The summed E-state index contributed by atoms with van der Waals surface area (Å²) < 4.78 is 58.7. The maximum absolute atomic E-state index is 13.0. The lowest BCUT2D eigenvalue weighted by Gasteiger charge is -2.09. The Morgan fingerprint density at radius 2 is 1.53 bits per heavy atom. The Morgan fingerprint density at radius 3 is 2.22 bits per heavy atom. The molecule has 2 N–H and O–H groups in total. The predicted molar refractivity (Wildman–Crippen MR) is 111 cm³/mol. The first-order chi connectivity index (χ1) is 15.3. The van der Waals surface area contributed by atoms with Crippen molar-refractivity contribution in [1.29, 1.82) is 0 Å². The lowest BCUT2D eigenvalue weighted by atomic mass is 10.2. The summed E-state index contributed by atoms with van der Waals surface area (Å²) >= 11 is 0. The van der Waals surface area contributed by atoms with Gasteiger partial charge in [-0.1, -0.05) is 11.2 Å². The zero-order chi connectivity index (χ0) is 22.7. The fraction of sp³-hybridized carbons (Fsp3) is 0. The average Bonchev–Trinajstić information content (AvgIpc) is 3.23. The Labute approximate surface area is 181 Å². The standard InChI is InChI=1S/C21H14F2N4O4S/c22-15-6-4-13(5-7-15)20-25-26-21(31-20)24-19(28)14-2-1-3-17(12-14)27-32(29,30)18-10-8-16(23)9-11-18/h1-12,27H,(H,24,26,28). The molecule has 11 heteroatoms. The van der Waals surface area contributed by atoms with Crippen LogP contribution in [0.1, 0.15) is 10.4 Å². The second-order valence-electron chi connectivity index (χ2n) is 6.51. The van der Waals surface area contributed by atoms with Crippen molar-refractivity contribution in [2.45, 2.75) is 4.90 Å². The van der Waals surface area contributed by atoms with Crippen molar-refractivity contribution in [2.75, 3.05) is 10.0 Å². The van der Waals surface area contributed by atoms with Crippen LogP contribution in [-0.2, 0) is 10.0 Å². The van der Waals surface area contributed by atoms with E-state index in [1.165, 1.54) is 48.5 Å². The van der Waals surface area contributed by atoms with E-state index in [-0.39, 0.29) is 28.1 Å². The fourth-order valence-corrected chi connectivity index (χ4v) is 3.75. The van der Waals surface area contributed by atoms with Gasteiger partial charge < -0.3 is 4.42 Å². The number of rotatable bonds is 6. The van der Waals surface area contributed by atoms with Gasteiger partial charge in [0, 0.05) is 16.8 Å². The first kappa shape index (κ1) is 21.1. The molecule has 0 radical (unpaired) electrons. The van der Waals surface area contributed by atoms with Crippen LogP contribution in [0.2, 0.25) is 0 Å². The number of carbonyl (C=O) groups is 1. The molecule has 1 amide bonds. The van der Waals surface area contributed by atoms with Gasteiger partial charge in [-0.15, -0.1) is 5.10 Å². The number of nitrogens with one attached hydrogen (secondary N) is 2. The molecule has 0 unspecified atom stereocenters. The summed E-state index contributed by atoms with van der Waals surface area (Å²) in [5, 5.41) is 9.94. The predicted octanol–water partition coefficient (Wildman–Crippen LogP) is 4.07. The number of aromatic nitrogens is 2. The SMILES string of the molecule is O=C(Nc1nnc(-c2ccc(F)cc2)o1)c1cccc(NS(=O)(=O)c2ccc(F)cc2)c1. The number of carbonyl (C=O) groups excluding carboxylic acids is 1. The van der Waals surface area contributed by atoms with Crippen LogP contribution in [0.4, 0.5) is 20.5 Å². The third-order valence-electron chi connectivity index (χ3n) is 4.24. The summed E-state index contributed by atoms with van der Waals surface area (Å²) in [7, 11) is -3.98. The smallest absolute Gasteiger partial charge is 0.322 e. The van der Waals surface area contributed by atoms with Gasteiger partial charge in [0.05, 0.1) is 4.90 Å². The van der Waals surface area contributed by atoms with Crippen molar-refractivity contribution in [3.8, 4) is 11.5 Å². The van der Waals surface area contributed by atoms with Gasteiger partial charge in [-0.05, 0) is 66.7 Å². The third kappa shape index (κ3) is 4.78. The zero-order valence-corrected chi connectivity index (χ0v) is 16.9. The molecule has 8 nitrogen and oxygen atoms in total. The maximum Gasteiger partial charge on any atom is 0.322 e. The fourth-order valence-electron chi connectivity index (χ4n) is 2.70. The summed E-state index contributed by atoms with van der Waals surface area (Å²) in [6, 6.07) is 15.2. The van der Waals surface area contributed by atoms with E-state index in [2.05, 4.69) is 20.2 Å². The Hall–Kier alpha value is -4.12. The van der Waals surface area contributed by atoms with Gasteiger partial charge in [0.15, 0.2) is 0 Å². The molecule has 0 aliphatic rings. The lowest BCUT2D eigenvalue weighted by Crippen LogP contribution is -2.15. The highest BCUT2D eigenvalue weighted by Crippen LogP contribution is 2.21. The molecule has 0 saturated heterocycles. The highest BCUT2D eigenvalue weighted by Gasteiger charge is 2.17. The van der Waals surface area contributed by atoms with Crippen LogP contribution >= 0.6 is 0 Å². The average molecular weight is 456 g/mol. The van der Waals surface area contributed by atoms with E-state index in [1.807, 2.05) is 0 Å². The number of nitrogens with zero attached hydrogens (tertiary/aromatic N) is 2. The number of hydrogen-bond donors (Lipinski definition) is 2. The highest BCUT2D eigenvalue weighted by atomic mass is 32.2. The molecule has 1 aromatic heterocycles. The third-order valence-corrected chi connectivity index (χ3v) is 5.63. The largest absolute Gasteiger partial charge is 0.403 e. The van der Waals surface area contributed by atoms with Crippen molar-refractivity contribution in [3.05, 3.63) is 90.0 Å².